The predicted octanol–water partition coefficient (Wildman–Crippen LogP) is 1.83. The van der Waals surface area contributed by atoms with Crippen LogP contribution < -0.4 is 0 Å². The minimum Gasteiger partial charge on any atom is -0.361 e. The van der Waals surface area contributed by atoms with Crippen LogP contribution in [0.5, 0.6) is 0 Å². The Bertz CT molecular complexity index is 436. The van der Waals surface area contributed by atoms with Gasteiger partial charge in [0.05, 0.1) is 12.5 Å². The average molecular weight is 230 g/mol. The lowest BCUT2D eigenvalue weighted by Gasteiger charge is -2.30. The zero-order chi connectivity index (χ0) is 12.1. The van der Waals surface area contributed by atoms with Crippen LogP contribution in [-0.4, -0.2) is 17.2 Å². The topological polar surface area (TPSA) is 46.5 Å². The highest BCUT2D eigenvalue weighted by atomic mass is 16.6. The van der Waals surface area contributed by atoms with E-state index < -0.39 is 11.7 Å². The van der Waals surface area contributed by atoms with Crippen molar-refractivity contribution in [3.63, 3.8) is 0 Å². The van der Waals surface area contributed by atoms with E-state index in [1.54, 1.807) is 18.2 Å². The first-order chi connectivity index (χ1) is 8.24. The third-order valence-electron chi connectivity index (χ3n) is 2.70. The number of ether oxygens (including phenoxy) is 1. The molecule has 0 aromatic heterocycles. The molecular weight excluding hydrogens is 216 g/mol. The van der Waals surface area contributed by atoms with Gasteiger partial charge in [-0.3, -0.25) is 0 Å². The van der Waals surface area contributed by atoms with Crippen LogP contribution in [-0.2, 0) is 16.1 Å². The molecule has 0 saturated heterocycles. The number of aldehydes is 1. The van der Waals surface area contributed by atoms with Gasteiger partial charge in [0, 0.05) is 0 Å². The summed E-state index contributed by atoms with van der Waals surface area (Å²) in [4.78, 5) is 10.9. The molecule has 0 heterocycles. The summed E-state index contributed by atoms with van der Waals surface area (Å²) in [6.07, 6.45) is 7.20. The molecule has 0 amide bonds. The Morgan fingerprint density at radius 3 is 2.76 bits per heavy atom. The standard InChI is InChI=1S/C14H14O3/c15-10-13-8-4-5-9-14(13,16)17-11-12-6-2-1-3-7-12/h1-10,13,16H,11H2. The van der Waals surface area contributed by atoms with Crippen LogP contribution in [0.4, 0.5) is 0 Å². The Kier molecular flexibility index (Phi) is 3.52. The maximum Gasteiger partial charge on any atom is 0.199 e. The first kappa shape index (κ1) is 11.8. The van der Waals surface area contributed by atoms with Crippen LogP contribution in [0.1, 0.15) is 5.56 Å². The highest BCUT2D eigenvalue weighted by Crippen LogP contribution is 2.25. The van der Waals surface area contributed by atoms with Crippen LogP contribution in [0, 0.1) is 5.92 Å². The number of allylic oxidation sites excluding steroid dienone is 2. The first-order valence-corrected chi connectivity index (χ1v) is 5.46. The predicted molar refractivity (Wildman–Crippen MR) is 64.0 cm³/mol. The van der Waals surface area contributed by atoms with Crippen molar-refractivity contribution in [2.45, 2.75) is 12.4 Å². The molecule has 0 spiro atoms. The van der Waals surface area contributed by atoms with Gasteiger partial charge < -0.3 is 14.6 Å². The van der Waals surface area contributed by atoms with Crippen molar-refractivity contribution < 1.29 is 14.6 Å². The molecular formula is C14H14O3. The van der Waals surface area contributed by atoms with Gasteiger partial charge in [-0.25, -0.2) is 0 Å². The smallest absolute Gasteiger partial charge is 0.199 e. The zero-order valence-corrected chi connectivity index (χ0v) is 9.32. The molecule has 88 valence electrons. The van der Waals surface area contributed by atoms with E-state index in [9.17, 15) is 9.90 Å². The van der Waals surface area contributed by atoms with Gasteiger partial charge in [-0.1, -0.05) is 48.6 Å². The molecule has 2 atom stereocenters. The van der Waals surface area contributed by atoms with E-state index in [0.717, 1.165) is 5.56 Å². The van der Waals surface area contributed by atoms with Gasteiger partial charge in [-0.05, 0) is 11.6 Å². The summed E-state index contributed by atoms with van der Waals surface area (Å²) in [7, 11) is 0. The lowest BCUT2D eigenvalue weighted by molar-refractivity contribution is -0.196. The SMILES string of the molecule is O=CC1C=CC=CC1(O)OCc1ccccc1. The van der Waals surface area contributed by atoms with E-state index in [0.29, 0.717) is 6.29 Å². The van der Waals surface area contributed by atoms with Crippen molar-refractivity contribution in [1.29, 1.82) is 0 Å². The summed E-state index contributed by atoms with van der Waals surface area (Å²) in [5.41, 5.74) is 0.952. The van der Waals surface area contributed by atoms with E-state index in [2.05, 4.69) is 0 Å². The number of carbonyl (C=O) groups is 1. The van der Waals surface area contributed by atoms with Crippen molar-refractivity contribution in [3.05, 3.63) is 60.2 Å². The van der Waals surface area contributed by atoms with Crippen molar-refractivity contribution in [3.8, 4) is 0 Å². The Balaban J connectivity index is 2.05. The highest BCUT2D eigenvalue weighted by molar-refractivity contribution is 5.60. The van der Waals surface area contributed by atoms with E-state index >= 15 is 0 Å². The molecule has 3 heteroatoms. The number of aliphatic hydroxyl groups is 1. The summed E-state index contributed by atoms with van der Waals surface area (Å²) < 4.78 is 5.45. The number of benzene rings is 1. The fraction of sp³-hybridized carbons (Fsp3) is 0.214. The van der Waals surface area contributed by atoms with Crippen LogP contribution >= 0.6 is 0 Å². The molecule has 17 heavy (non-hydrogen) atoms. The maximum absolute atomic E-state index is 10.9. The summed E-state index contributed by atoms with van der Waals surface area (Å²) >= 11 is 0. The lowest BCUT2D eigenvalue weighted by atomic mass is 9.95. The summed E-state index contributed by atoms with van der Waals surface area (Å²) in [5, 5.41) is 10.2. The summed E-state index contributed by atoms with van der Waals surface area (Å²) in [6, 6.07) is 9.52. The normalized spacial score (nSPS) is 27.0. The number of hydrogen-bond acceptors (Lipinski definition) is 3. The van der Waals surface area contributed by atoms with Gasteiger partial charge in [0.15, 0.2) is 5.79 Å². The maximum atomic E-state index is 10.9. The van der Waals surface area contributed by atoms with Crippen LogP contribution in [0.3, 0.4) is 0 Å². The Hall–Kier alpha value is -1.71. The monoisotopic (exact) mass is 230 g/mol. The van der Waals surface area contributed by atoms with Gasteiger partial charge in [-0.15, -0.1) is 0 Å². The fourth-order valence-corrected chi connectivity index (χ4v) is 1.69. The third kappa shape index (κ3) is 2.70. The second-order valence-corrected chi connectivity index (χ2v) is 3.93. The third-order valence-corrected chi connectivity index (χ3v) is 2.70. The van der Waals surface area contributed by atoms with Crippen molar-refractivity contribution in [1.82, 2.24) is 0 Å². The Morgan fingerprint density at radius 1 is 1.29 bits per heavy atom. The minimum atomic E-state index is -1.54. The quantitative estimate of drug-likeness (QED) is 0.634. The zero-order valence-electron chi connectivity index (χ0n) is 9.32. The molecule has 3 nitrogen and oxygen atoms in total. The van der Waals surface area contributed by atoms with Crippen LogP contribution in [0.15, 0.2) is 54.6 Å². The highest BCUT2D eigenvalue weighted by Gasteiger charge is 2.34. The van der Waals surface area contributed by atoms with Gasteiger partial charge in [-0.2, -0.15) is 0 Å². The molecule has 0 bridgehead atoms. The van der Waals surface area contributed by atoms with Gasteiger partial charge in [0.25, 0.3) is 0 Å². The second kappa shape index (κ2) is 5.08. The minimum absolute atomic E-state index is 0.264. The molecule has 1 aromatic rings. The van der Waals surface area contributed by atoms with E-state index in [-0.39, 0.29) is 6.61 Å². The van der Waals surface area contributed by atoms with Gasteiger partial charge >= 0.3 is 0 Å². The van der Waals surface area contributed by atoms with Crippen LogP contribution in [0.2, 0.25) is 0 Å². The molecule has 1 aromatic carbocycles. The molecule has 0 radical (unpaired) electrons. The average Bonchev–Trinajstić information content (AvgIpc) is 2.38. The van der Waals surface area contributed by atoms with Crippen LogP contribution in [0.25, 0.3) is 0 Å². The van der Waals surface area contributed by atoms with Crippen molar-refractivity contribution >= 4 is 6.29 Å². The Morgan fingerprint density at radius 2 is 2.06 bits per heavy atom. The molecule has 0 aliphatic heterocycles. The van der Waals surface area contributed by atoms with E-state index in [1.807, 2.05) is 30.3 Å². The fourth-order valence-electron chi connectivity index (χ4n) is 1.69. The van der Waals surface area contributed by atoms with Gasteiger partial charge in [0.2, 0.25) is 0 Å². The molecule has 2 rings (SSSR count). The summed E-state index contributed by atoms with van der Waals surface area (Å²) in [6.45, 7) is 0.264. The van der Waals surface area contributed by atoms with Gasteiger partial charge in [0.1, 0.15) is 6.29 Å². The molecule has 0 saturated carbocycles. The molecule has 1 N–H and O–H groups in total. The van der Waals surface area contributed by atoms with Crippen molar-refractivity contribution in [2.24, 2.45) is 5.92 Å². The molecule has 1 aliphatic carbocycles. The number of rotatable bonds is 4. The number of hydrogen-bond donors (Lipinski definition) is 1. The number of carbonyl (C=O) groups excluding carboxylic acids is 1. The second-order valence-electron chi connectivity index (χ2n) is 3.93. The molecule has 2 unspecified atom stereocenters. The summed E-state index contributed by atoms with van der Waals surface area (Å²) in [5.74, 6) is -2.19. The molecule has 1 aliphatic rings. The van der Waals surface area contributed by atoms with Crippen molar-refractivity contribution in [2.75, 3.05) is 0 Å². The lowest BCUT2D eigenvalue weighted by Crippen LogP contribution is -2.39. The first-order valence-electron chi connectivity index (χ1n) is 5.46. The van der Waals surface area contributed by atoms with E-state index in [1.165, 1.54) is 6.08 Å². The Labute approximate surface area is 100 Å². The van der Waals surface area contributed by atoms with E-state index in [4.69, 9.17) is 4.74 Å². The molecule has 0 fully saturated rings. The largest absolute Gasteiger partial charge is 0.361 e.